The largest absolute Gasteiger partial charge is 0.461 e. The average Bonchev–Trinajstić information content (AvgIpc) is 3.40. The lowest BCUT2D eigenvalue weighted by molar-refractivity contribution is 0.0734. The molecular formula is C26H15Br2N3O4. The minimum absolute atomic E-state index is 0.248. The van der Waals surface area contributed by atoms with Crippen LogP contribution in [0.25, 0.3) is 22.5 Å². The van der Waals surface area contributed by atoms with Gasteiger partial charge in [-0.05, 0) is 66.7 Å². The van der Waals surface area contributed by atoms with E-state index < -0.39 is 5.97 Å². The van der Waals surface area contributed by atoms with Crippen LogP contribution in [0, 0.1) is 0 Å². The van der Waals surface area contributed by atoms with Crippen LogP contribution in [0.4, 0.5) is 0 Å². The molecule has 172 valence electrons. The molecule has 0 spiro atoms. The average molecular weight is 593 g/mol. The number of nitrogens with zero attached hydrogens (tertiary/aromatic N) is 3. The van der Waals surface area contributed by atoms with E-state index in [1.54, 1.807) is 72.8 Å². The number of fused-ring (bicyclic) bond motifs is 1. The van der Waals surface area contributed by atoms with Gasteiger partial charge in [-0.25, -0.2) is 9.78 Å². The summed E-state index contributed by atoms with van der Waals surface area (Å²) in [5.74, 6) is 0.404. The number of ether oxygens (including phenoxy) is 1. The number of furan rings is 1. The fourth-order valence-corrected chi connectivity index (χ4v) is 4.02. The molecule has 0 aliphatic rings. The summed E-state index contributed by atoms with van der Waals surface area (Å²) in [5, 5.41) is 4.83. The number of carbonyl (C=O) groups excluding carboxylic acids is 1. The first-order valence-electron chi connectivity index (χ1n) is 10.4. The second-order valence-corrected chi connectivity index (χ2v) is 9.20. The maximum atomic E-state index is 13.3. The van der Waals surface area contributed by atoms with Gasteiger partial charge in [-0.2, -0.15) is 9.78 Å². The smallest absolute Gasteiger partial charge is 0.343 e. The van der Waals surface area contributed by atoms with E-state index in [-0.39, 0.29) is 17.1 Å². The third-order valence-corrected chi connectivity index (χ3v) is 6.08. The highest BCUT2D eigenvalue weighted by atomic mass is 79.9. The number of benzene rings is 3. The van der Waals surface area contributed by atoms with Gasteiger partial charge in [0.2, 0.25) is 5.82 Å². The molecule has 35 heavy (non-hydrogen) atoms. The van der Waals surface area contributed by atoms with Crippen molar-refractivity contribution < 1.29 is 13.9 Å². The summed E-state index contributed by atoms with van der Waals surface area (Å²) >= 11 is 6.78. The Morgan fingerprint density at radius 1 is 0.971 bits per heavy atom. The highest BCUT2D eigenvalue weighted by Gasteiger charge is 2.15. The van der Waals surface area contributed by atoms with Gasteiger partial charge >= 0.3 is 5.97 Å². The van der Waals surface area contributed by atoms with Crippen molar-refractivity contribution in [2.75, 3.05) is 0 Å². The minimum atomic E-state index is -0.518. The summed E-state index contributed by atoms with van der Waals surface area (Å²) in [6.45, 7) is 0. The van der Waals surface area contributed by atoms with Gasteiger partial charge in [0.1, 0.15) is 5.75 Å². The molecule has 9 heteroatoms. The second kappa shape index (κ2) is 9.81. The maximum absolute atomic E-state index is 13.3. The van der Waals surface area contributed by atoms with Crippen LogP contribution in [0.3, 0.4) is 0 Å². The number of aromatic nitrogens is 2. The molecule has 0 N–H and O–H groups in total. The number of para-hydroxylation sites is 1. The van der Waals surface area contributed by atoms with Gasteiger partial charge in [0.05, 0.1) is 28.9 Å². The summed E-state index contributed by atoms with van der Waals surface area (Å²) in [4.78, 5) is 30.5. The minimum Gasteiger partial charge on any atom is -0.461 e. The number of halogens is 2. The monoisotopic (exact) mass is 591 g/mol. The molecule has 0 unspecified atom stereocenters. The van der Waals surface area contributed by atoms with E-state index in [0.29, 0.717) is 27.8 Å². The molecular weight excluding hydrogens is 578 g/mol. The Morgan fingerprint density at radius 2 is 1.74 bits per heavy atom. The summed E-state index contributed by atoms with van der Waals surface area (Å²) in [5.41, 5.74) is 1.05. The van der Waals surface area contributed by atoms with Gasteiger partial charge in [0.15, 0.2) is 5.76 Å². The van der Waals surface area contributed by atoms with Gasteiger partial charge in [-0.15, -0.1) is 0 Å². The van der Waals surface area contributed by atoms with Crippen molar-refractivity contribution in [1.82, 2.24) is 9.66 Å². The van der Waals surface area contributed by atoms with Crippen molar-refractivity contribution >= 4 is 54.9 Å². The van der Waals surface area contributed by atoms with Crippen LogP contribution in [0.5, 0.6) is 5.75 Å². The van der Waals surface area contributed by atoms with Crippen LogP contribution < -0.4 is 10.3 Å². The van der Waals surface area contributed by atoms with E-state index in [9.17, 15) is 9.59 Å². The molecule has 0 bridgehead atoms. The van der Waals surface area contributed by atoms with Gasteiger partial charge < -0.3 is 9.15 Å². The Labute approximate surface area is 215 Å². The summed E-state index contributed by atoms with van der Waals surface area (Å²) in [7, 11) is 0. The first-order valence-corrected chi connectivity index (χ1v) is 12.0. The summed E-state index contributed by atoms with van der Waals surface area (Å²) < 4.78 is 13.9. The lowest BCUT2D eigenvalue weighted by atomic mass is 10.2. The highest BCUT2D eigenvalue weighted by molar-refractivity contribution is 9.10. The van der Waals surface area contributed by atoms with Crippen LogP contribution in [-0.2, 0) is 0 Å². The number of hydrogen-bond donors (Lipinski definition) is 0. The molecule has 0 aliphatic heterocycles. The third kappa shape index (κ3) is 4.87. The van der Waals surface area contributed by atoms with Crippen LogP contribution in [0.15, 0.2) is 108 Å². The first-order chi connectivity index (χ1) is 17.0. The normalized spacial score (nSPS) is 11.3. The van der Waals surface area contributed by atoms with E-state index in [0.717, 1.165) is 8.95 Å². The van der Waals surface area contributed by atoms with Crippen molar-refractivity contribution in [2.24, 2.45) is 5.10 Å². The molecule has 5 aromatic rings. The zero-order chi connectivity index (χ0) is 24.4. The molecule has 0 radical (unpaired) electrons. The van der Waals surface area contributed by atoms with E-state index in [4.69, 9.17) is 9.15 Å². The van der Waals surface area contributed by atoms with Crippen molar-refractivity contribution in [3.05, 3.63) is 116 Å². The Hall–Kier alpha value is -3.82. The van der Waals surface area contributed by atoms with E-state index in [1.165, 1.54) is 17.2 Å². The molecule has 0 amide bonds. The Morgan fingerprint density at radius 3 is 2.51 bits per heavy atom. The van der Waals surface area contributed by atoms with Crippen molar-refractivity contribution in [3.8, 4) is 17.3 Å². The molecule has 0 aliphatic carbocycles. The van der Waals surface area contributed by atoms with Crippen LogP contribution in [0.2, 0.25) is 0 Å². The summed E-state index contributed by atoms with van der Waals surface area (Å²) in [6, 6.07) is 22.4. The SMILES string of the molecule is O=C(Oc1ccc(Br)cc1C=Nn1c(-c2ccco2)nc2ccccc2c1=O)c1ccc(Br)cc1. The second-order valence-electron chi connectivity index (χ2n) is 7.37. The van der Waals surface area contributed by atoms with E-state index in [2.05, 4.69) is 41.9 Å². The molecule has 2 aromatic heterocycles. The standard InChI is InChI=1S/C26H15Br2N3O4/c27-18-9-7-16(8-10-18)26(33)35-22-12-11-19(28)14-17(22)15-29-31-24(23-6-3-13-34-23)30-21-5-2-1-4-20(21)25(31)32/h1-15H. The van der Waals surface area contributed by atoms with Gasteiger partial charge in [0, 0.05) is 14.5 Å². The lowest BCUT2D eigenvalue weighted by Gasteiger charge is -2.09. The topological polar surface area (TPSA) is 86.7 Å². The fourth-order valence-electron chi connectivity index (χ4n) is 3.37. The van der Waals surface area contributed by atoms with Crippen LogP contribution in [0.1, 0.15) is 15.9 Å². The zero-order valence-electron chi connectivity index (χ0n) is 17.9. The van der Waals surface area contributed by atoms with Crippen LogP contribution >= 0.6 is 31.9 Å². The maximum Gasteiger partial charge on any atom is 0.343 e. The molecule has 0 fully saturated rings. The van der Waals surface area contributed by atoms with Crippen molar-refractivity contribution in [2.45, 2.75) is 0 Å². The van der Waals surface area contributed by atoms with Crippen molar-refractivity contribution in [1.29, 1.82) is 0 Å². The number of rotatable bonds is 5. The predicted octanol–water partition coefficient (Wildman–Crippen LogP) is 6.28. The molecule has 0 saturated carbocycles. The summed E-state index contributed by atoms with van der Waals surface area (Å²) in [6.07, 6.45) is 2.94. The number of esters is 1. The number of carbonyl (C=O) groups is 1. The van der Waals surface area contributed by atoms with E-state index in [1.807, 2.05) is 6.07 Å². The quantitative estimate of drug-likeness (QED) is 0.136. The predicted molar refractivity (Wildman–Crippen MR) is 140 cm³/mol. The fraction of sp³-hybridized carbons (Fsp3) is 0. The van der Waals surface area contributed by atoms with Gasteiger partial charge in [-0.1, -0.05) is 44.0 Å². The molecule has 0 atom stereocenters. The van der Waals surface area contributed by atoms with Crippen molar-refractivity contribution in [3.63, 3.8) is 0 Å². The molecule has 7 nitrogen and oxygen atoms in total. The molecule has 5 rings (SSSR count). The lowest BCUT2D eigenvalue weighted by Crippen LogP contribution is -2.20. The van der Waals surface area contributed by atoms with E-state index >= 15 is 0 Å². The van der Waals surface area contributed by atoms with Crippen LogP contribution in [-0.4, -0.2) is 21.8 Å². The van der Waals surface area contributed by atoms with Gasteiger partial charge in [-0.3, -0.25) is 4.79 Å². The van der Waals surface area contributed by atoms with Gasteiger partial charge in [0.25, 0.3) is 5.56 Å². The molecule has 0 saturated heterocycles. The molecule has 3 aromatic carbocycles. The molecule has 2 heterocycles. The third-order valence-electron chi connectivity index (χ3n) is 5.06. The Bertz CT molecular complexity index is 1630. The first kappa shape index (κ1) is 22.9. The Kier molecular flexibility index (Phi) is 6.43. The Balaban J connectivity index is 1.57. The number of hydrogen-bond acceptors (Lipinski definition) is 6. The zero-order valence-corrected chi connectivity index (χ0v) is 21.1. The highest BCUT2D eigenvalue weighted by Crippen LogP contribution is 2.24.